The Labute approximate surface area is 151 Å². The lowest BCUT2D eigenvalue weighted by Crippen LogP contribution is -2.52. The number of para-hydroxylation sites is 1. The lowest BCUT2D eigenvalue weighted by atomic mass is 10.1. The normalized spacial score (nSPS) is 17.8. The van der Waals surface area contributed by atoms with Crippen molar-refractivity contribution in [2.45, 2.75) is 38.8 Å². The highest BCUT2D eigenvalue weighted by Crippen LogP contribution is 2.15. The summed E-state index contributed by atoms with van der Waals surface area (Å²) < 4.78 is 0. The largest absolute Gasteiger partial charge is 0.396 e. The second-order valence-electron chi connectivity index (χ2n) is 6.76. The van der Waals surface area contributed by atoms with Crippen molar-refractivity contribution < 1.29 is 9.90 Å². The Balaban J connectivity index is 1.69. The van der Waals surface area contributed by atoms with E-state index in [0.717, 1.165) is 39.1 Å². The maximum absolute atomic E-state index is 12.0. The highest BCUT2D eigenvalue weighted by atomic mass is 16.3. The predicted octanol–water partition coefficient (Wildman–Crippen LogP) is 1.66. The molecule has 2 atom stereocenters. The van der Waals surface area contributed by atoms with Crippen molar-refractivity contribution in [3.63, 3.8) is 0 Å². The van der Waals surface area contributed by atoms with Crippen LogP contribution in [0.4, 0.5) is 10.5 Å². The molecule has 1 saturated heterocycles. The second kappa shape index (κ2) is 10.3. The van der Waals surface area contributed by atoms with Gasteiger partial charge < -0.3 is 20.6 Å². The molecule has 0 spiro atoms. The summed E-state index contributed by atoms with van der Waals surface area (Å²) in [5, 5.41) is 14.9. The predicted molar refractivity (Wildman–Crippen MR) is 102 cm³/mol. The molecule has 140 valence electrons. The van der Waals surface area contributed by atoms with Gasteiger partial charge in [0.25, 0.3) is 0 Å². The molecule has 1 fully saturated rings. The molecule has 6 heteroatoms. The van der Waals surface area contributed by atoms with Crippen LogP contribution in [0.5, 0.6) is 0 Å². The van der Waals surface area contributed by atoms with Gasteiger partial charge >= 0.3 is 6.03 Å². The number of urea groups is 1. The molecule has 6 nitrogen and oxygen atoms in total. The summed E-state index contributed by atoms with van der Waals surface area (Å²) in [6.07, 6.45) is 1.42. The molecule has 1 aromatic rings. The quantitative estimate of drug-likeness (QED) is 0.668. The molecule has 0 saturated carbocycles. The molecule has 0 radical (unpaired) electrons. The third kappa shape index (κ3) is 6.55. The van der Waals surface area contributed by atoms with E-state index in [1.54, 1.807) is 0 Å². The van der Waals surface area contributed by atoms with Crippen molar-refractivity contribution in [3.8, 4) is 0 Å². The molecular weight excluding hydrogens is 316 g/mol. The zero-order valence-corrected chi connectivity index (χ0v) is 15.4. The van der Waals surface area contributed by atoms with Crippen molar-refractivity contribution in [3.05, 3.63) is 30.3 Å². The van der Waals surface area contributed by atoms with Crippen molar-refractivity contribution in [2.75, 3.05) is 44.2 Å². The van der Waals surface area contributed by atoms with Crippen LogP contribution >= 0.6 is 0 Å². The number of hydrogen-bond donors (Lipinski definition) is 3. The van der Waals surface area contributed by atoms with Crippen LogP contribution in [0.15, 0.2) is 30.3 Å². The topological polar surface area (TPSA) is 67.8 Å². The standard InChI is InChI=1S/C19H32N4O2/c1-3-17(9-14-24)21-19(25)20-16(2)15-22-10-12-23(13-11-22)18-7-5-4-6-8-18/h4-8,16-17,24H,3,9-15H2,1-2H3,(H2,20,21,25). The van der Waals surface area contributed by atoms with Crippen LogP contribution in [0.2, 0.25) is 0 Å². The molecule has 2 rings (SSSR count). The van der Waals surface area contributed by atoms with Crippen LogP contribution in [0.1, 0.15) is 26.7 Å². The number of anilines is 1. The van der Waals surface area contributed by atoms with Gasteiger partial charge in [0, 0.05) is 57.1 Å². The van der Waals surface area contributed by atoms with Crippen molar-refractivity contribution in [2.24, 2.45) is 0 Å². The zero-order valence-electron chi connectivity index (χ0n) is 15.4. The number of hydrogen-bond acceptors (Lipinski definition) is 4. The molecule has 25 heavy (non-hydrogen) atoms. The fourth-order valence-corrected chi connectivity index (χ4v) is 3.25. The van der Waals surface area contributed by atoms with E-state index in [2.05, 4.69) is 44.7 Å². The number of carbonyl (C=O) groups excluding carboxylic acids is 1. The number of nitrogens with zero attached hydrogens (tertiary/aromatic N) is 2. The molecule has 0 aliphatic carbocycles. The summed E-state index contributed by atoms with van der Waals surface area (Å²) in [6, 6.07) is 10.5. The third-order valence-electron chi connectivity index (χ3n) is 4.71. The molecule has 2 unspecified atom stereocenters. The summed E-state index contributed by atoms with van der Waals surface area (Å²) in [5.74, 6) is 0. The first-order valence-electron chi connectivity index (χ1n) is 9.32. The van der Waals surface area contributed by atoms with Crippen LogP contribution in [0.25, 0.3) is 0 Å². The van der Waals surface area contributed by atoms with E-state index in [1.807, 2.05) is 19.9 Å². The SMILES string of the molecule is CCC(CCO)NC(=O)NC(C)CN1CCN(c2ccccc2)CC1. The highest BCUT2D eigenvalue weighted by molar-refractivity contribution is 5.74. The molecule has 2 amide bonds. The van der Waals surface area contributed by atoms with Crippen molar-refractivity contribution in [1.29, 1.82) is 0 Å². The van der Waals surface area contributed by atoms with E-state index in [-0.39, 0.29) is 24.7 Å². The summed E-state index contributed by atoms with van der Waals surface area (Å²) in [5.41, 5.74) is 1.28. The fraction of sp³-hybridized carbons (Fsp3) is 0.632. The van der Waals surface area contributed by atoms with E-state index >= 15 is 0 Å². The van der Waals surface area contributed by atoms with Gasteiger partial charge in [-0.05, 0) is 31.9 Å². The van der Waals surface area contributed by atoms with Crippen molar-refractivity contribution >= 4 is 11.7 Å². The van der Waals surface area contributed by atoms with Gasteiger partial charge in [-0.25, -0.2) is 4.79 Å². The van der Waals surface area contributed by atoms with Gasteiger partial charge in [0.2, 0.25) is 0 Å². The van der Waals surface area contributed by atoms with E-state index in [9.17, 15) is 4.79 Å². The van der Waals surface area contributed by atoms with Crippen LogP contribution in [-0.2, 0) is 0 Å². The van der Waals surface area contributed by atoms with Gasteiger partial charge in [-0.15, -0.1) is 0 Å². The number of nitrogens with one attached hydrogen (secondary N) is 2. The van der Waals surface area contributed by atoms with Gasteiger partial charge in [0.05, 0.1) is 0 Å². The molecule has 3 N–H and O–H groups in total. The Morgan fingerprint density at radius 3 is 2.44 bits per heavy atom. The third-order valence-corrected chi connectivity index (χ3v) is 4.71. The van der Waals surface area contributed by atoms with E-state index in [1.165, 1.54) is 5.69 Å². The first-order valence-corrected chi connectivity index (χ1v) is 9.32. The number of aliphatic hydroxyl groups is 1. The molecule has 1 aromatic carbocycles. The Bertz CT molecular complexity index is 503. The number of carbonyl (C=O) groups is 1. The summed E-state index contributed by atoms with van der Waals surface area (Å²) in [7, 11) is 0. The fourth-order valence-electron chi connectivity index (χ4n) is 3.25. The Morgan fingerprint density at radius 2 is 1.84 bits per heavy atom. The Kier molecular flexibility index (Phi) is 8.01. The minimum atomic E-state index is -0.143. The number of amides is 2. The molecule has 1 aliphatic rings. The van der Waals surface area contributed by atoms with Gasteiger partial charge in [-0.1, -0.05) is 25.1 Å². The number of aliphatic hydroxyl groups excluding tert-OH is 1. The first-order chi connectivity index (χ1) is 12.1. The maximum atomic E-state index is 12.0. The first kappa shape index (κ1) is 19.5. The minimum absolute atomic E-state index is 0.0339. The number of rotatable bonds is 8. The molecule has 0 bridgehead atoms. The van der Waals surface area contributed by atoms with E-state index in [0.29, 0.717) is 6.42 Å². The van der Waals surface area contributed by atoms with Crippen LogP contribution < -0.4 is 15.5 Å². The summed E-state index contributed by atoms with van der Waals surface area (Å²) in [4.78, 5) is 16.8. The van der Waals surface area contributed by atoms with Gasteiger partial charge in [-0.2, -0.15) is 0 Å². The number of piperazine rings is 1. The highest BCUT2D eigenvalue weighted by Gasteiger charge is 2.20. The van der Waals surface area contributed by atoms with Crippen LogP contribution in [0, 0.1) is 0 Å². The minimum Gasteiger partial charge on any atom is -0.396 e. The maximum Gasteiger partial charge on any atom is 0.315 e. The Hall–Kier alpha value is -1.79. The molecular formula is C19H32N4O2. The average molecular weight is 348 g/mol. The van der Waals surface area contributed by atoms with Crippen LogP contribution in [0.3, 0.4) is 0 Å². The number of benzene rings is 1. The van der Waals surface area contributed by atoms with E-state index < -0.39 is 0 Å². The van der Waals surface area contributed by atoms with Crippen molar-refractivity contribution in [1.82, 2.24) is 15.5 Å². The average Bonchev–Trinajstić information content (AvgIpc) is 2.62. The monoisotopic (exact) mass is 348 g/mol. The smallest absolute Gasteiger partial charge is 0.315 e. The molecule has 1 heterocycles. The lowest BCUT2D eigenvalue weighted by molar-refractivity contribution is 0.211. The second-order valence-corrected chi connectivity index (χ2v) is 6.76. The van der Waals surface area contributed by atoms with Gasteiger partial charge in [-0.3, -0.25) is 4.90 Å². The summed E-state index contributed by atoms with van der Waals surface area (Å²) >= 11 is 0. The lowest BCUT2D eigenvalue weighted by Gasteiger charge is -2.37. The Morgan fingerprint density at radius 1 is 1.16 bits per heavy atom. The molecule has 0 aromatic heterocycles. The zero-order chi connectivity index (χ0) is 18.1. The van der Waals surface area contributed by atoms with Crippen LogP contribution in [-0.4, -0.2) is 67.5 Å². The summed E-state index contributed by atoms with van der Waals surface area (Å²) in [6.45, 7) is 9.03. The van der Waals surface area contributed by atoms with Gasteiger partial charge in [0.1, 0.15) is 0 Å². The molecule has 1 aliphatic heterocycles. The van der Waals surface area contributed by atoms with Gasteiger partial charge in [0.15, 0.2) is 0 Å². The van der Waals surface area contributed by atoms with E-state index in [4.69, 9.17) is 5.11 Å².